The van der Waals surface area contributed by atoms with Gasteiger partial charge in [0.25, 0.3) is 0 Å². The fourth-order valence-corrected chi connectivity index (χ4v) is 4.45. The van der Waals surface area contributed by atoms with E-state index in [0.717, 1.165) is 0 Å². The van der Waals surface area contributed by atoms with Crippen molar-refractivity contribution in [3.05, 3.63) is 60.7 Å². The maximum Gasteiger partial charge on any atom is 2.00 e. The van der Waals surface area contributed by atoms with Crippen molar-refractivity contribution < 1.29 is 20.4 Å². The summed E-state index contributed by atoms with van der Waals surface area (Å²) in [5.74, 6) is 0. The second-order valence-electron chi connectivity index (χ2n) is 4.18. The molecule has 2 rings (SSSR count). The van der Waals surface area contributed by atoms with E-state index in [1.54, 1.807) is 0 Å². The van der Waals surface area contributed by atoms with Crippen molar-refractivity contribution in [3.63, 3.8) is 0 Å². The second kappa shape index (κ2) is 8.60. The average molecular weight is 349 g/mol. The molecule has 2 aromatic carbocycles. The van der Waals surface area contributed by atoms with Crippen LogP contribution >= 0.6 is 7.92 Å². The number of benzene rings is 2. The van der Waals surface area contributed by atoms with Gasteiger partial charge in [0.2, 0.25) is 0 Å². The van der Waals surface area contributed by atoms with Gasteiger partial charge in [-0.2, -0.15) is 0 Å². The van der Waals surface area contributed by atoms with E-state index >= 15 is 0 Å². The van der Waals surface area contributed by atoms with Gasteiger partial charge in [0.1, 0.15) is 0 Å². The van der Waals surface area contributed by atoms with E-state index in [9.17, 15) is 0 Å². The van der Waals surface area contributed by atoms with Crippen molar-refractivity contribution in [1.29, 1.82) is 0 Å². The maximum absolute atomic E-state index is 2.27. The van der Waals surface area contributed by atoms with Crippen molar-refractivity contribution in [1.82, 2.24) is 0 Å². The average Bonchev–Trinajstić information content (AvgIpc) is 2.42. The molecule has 0 spiro atoms. The molecule has 2 aromatic rings. The number of unbranched alkanes of at least 4 members (excludes halogenated alkanes) is 1. The molecule has 0 saturated carbocycles. The van der Waals surface area contributed by atoms with E-state index in [4.69, 9.17) is 0 Å². The van der Waals surface area contributed by atoms with Crippen LogP contribution in [0.4, 0.5) is 0 Å². The fraction of sp³-hybridized carbons (Fsp3) is 0.250. The zero-order valence-corrected chi connectivity index (χ0v) is 13.1. The molecule has 0 heterocycles. The molecule has 0 aliphatic rings. The summed E-state index contributed by atoms with van der Waals surface area (Å²) in [6.45, 7) is 2.27. The first-order valence-electron chi connectivity index (χ1n) is 6.29. The van der Waals surface area contributed by atoms with Crippen LogP contribution in [0, 0.1) is 0 Å². The molecule has 0 amide bonds. The Morgan fingerprint density at radius 2 is 1.22 bits per heavy atom. The zero-order chi connectivity index (χ0) is 11.9. The van der Waals surface area contributed by atoms with Gasteiger partial charge in [0, 0.05) is 0 Å². The molecule has 0 atom stereocenters. The molecule has 18 heavy (non-hydrogen) atoms. The molecular weight excluding hydrogens is 330 g/mol. The van der Waals surface area contributed by atoms with Crippen LogP contribution in [0.1, 0.15) is 19.8 Å². The smallest absolute Gasteiger partial charge is 0.0654 e. The predicted octanol–water partition coefficient (Wildman–Crippen LogP) is 3.92. The summed E-state index contributed by atoms with van der Waals surface area (Å²) >= 11 is 0. The molecule has 0 radical (unpaired) electrons. The van der Waals surface area contributed by atoms with Crippen molar-refractivity contribution in [3.8, 4) is 0 Å². The summed E-state index contributed by atoms with van der Waals surface area (Å²) in [6.07, 6.45) is 3.90. The molecule has 0 nitrogen and oxygen atoms in total. The first-order chi connectivity index (χ1) is 8.42. The summed E-state index contributed by atoms with van der Waals surface area (Å²) in [5, 5.41) is 3.00. The summed E-state index contributed by atoms with van der Waals surface area (Å²) in [5.41, 5.74) is 0. The molecule has 0 aliphatic carbocycles. The molecule has 0 aliphatic heterocycles. The van der Waals surface area contributed by atoms with E-state index in [1.165, 1.54) is 29.6 Å². The molecule has 0 unspecified atom stereocenters. The normalized spacial score (nSPS) is 10.1. The third kappa shape index (κ3) is 4.33. The molecule has 0 fully saturated rings. The van der Waals surface area contributed by atoms with Gasteiger partial charge in [-0.15, -0.1) is 0 Å². The van der Waals surface area contributed by atoms with Crippen LogP contribution in [-0.2, 0) is 20.4 Å². The first kappa shape index (κ1) is 15.6. The van der Waals surface area contributed by atoms with Crippen LogP contribution in [0.15, 0.2) is 60.7 Å². The summed E-state index contributed by atoms with van der Waals surface area (Å²) in [6, 6.07) is 21.9. The quantitative estimate of drug-likeness (QED) is 0.567. The van der Waals surface area contributed by atoms with Crippen molar-refractivity contribution in [2.45, 2.75) is 19.8 Å². The van der Waals surface area contributed by atoms with E-state index < -0.39 is 0 Å². The van der Waals surface area contributed by atoms with Gasteiger partial charge in [-0.1, -0.05) is 74.0 Å². The van der Waals surface area contributed by atoms with Gasteiger partial charge in [-0.25, -0.2) is 0 Å². The van der Waals surface area contributed by atoms with Crippen LogP contribution in [0.25, 0.3) is 0 Å². The SMILES string of the molecule is CCCCP(c1ccccc1)c1ccccc1.[Pd+2]. The monoisotopic (exact) mass is 348 g/mol. The van der Waals surface area contributed by atoms with Crippen LogP contribution in [0.3, 0.4) is 0 Å². The van der Waals surface area contributed by atoms with Gasteiger partial charge in [0.05, 0.1) is 0 Å². The Balaban J connectivity index is 0.00000162. The topological polar surface area (TPSA) is 0 Å². The Labute approximate surface area is 125 Å². The maximum atomic E-state index is 2.27. The van der Waals surface area contributed by atoms with Gasteiger partial charge in [0.15, 0.2) is 0 Å². The fourth-order valence-electron chi connectivity index (χ4n) is 1.94. The summed E-state index contributed by atoms with van der Waals surface area (Å²) in [7, 11) is -0.157. The second-order valence-corrected chi connectivity index (χ2v) is 6.51. The summed E-state index contributed by atoms with van der Waals surface area (Å²) < 4.78 is 0. The number of rotatable bonds is 5. The van der Waals surface area contributed by atoms with Gasteiger partial charge in [-0.3, -0.25) is 0 Å². The van der Waals surface area contributed by atoms with E-state index in [1.807, 2.05) is 0 Å². The van der Waals surface area contributed by atoms with Crippen LogP contribution in [0.2, 0.25) is 0 Å². The largest absolute Gasteiger partial charge is 2.00 e. The van der Waals surface area contributed by atoms with Gasteiger partial charge >= 0.3 is 20.4 Å². The van der Waals surface area contributed by atoms with Crippen molar-refractivity contribution >= 4 is 18.5 Å². The van der Waals surface area contributed by atoms with E-state index in [-0.39, 0.29) is 28.3 Å². The zero-order valence-electron chi connectivity index (χ0n) is 10.7. The molecular formula is C16H19PPd+2. The minimum atomic E-state index is -0.157. The van der Waals surface area contributed by atoms with Crippen LogP contribution in [0.5, 0.6) is 0 Å². The third-order valence-corrected chi connectivity index (χ3v) is 5.48. The van der Waals surface area contributed by atoms with Crippen LogP contribution in [-0.4, -0.2) is 6.16 Å². The molecule has 0 saturated heterocycles. The molecule has 0 bridgehead atoms. The van der Waals surface area contributed by atoms with E-state index in [0.29, 0.717) is 0 Å². The Morgan fingerprint density at radius 1 is 0.778 bits per heavy atom. The van der Waals surface area contributed by atoms with Gasteiger partial charge < -0.3 is 0 Å². The minimum absolute atomic E-state index is 0. The van der Waals surface area contributed by atoms with Crippen molar-refractivity contribution in [2.75, 3.05) is 6.16 Å². The minimum Gasteiger partial charge on any atom is -0.0654 e. The Morgan fingerprint density at radius 3 is 1.61 bits per heavy atom. The van der Waals surface area contributed by atoms with Gasteiger partial charge in [-0.05, 0) is 31.1 Å². The Kier molecular flexibility index (Phi) is 7.45. The Hall–Kier alpha value is -0.468. The first-order valence-corrected chi connectivity index (χ1v) is 7.82. The number of hydrogen-bond acceptors (Lipinski definition) is 0. The predicted molar refractivity (Wildman–Crippen MR) is 78.8 cm³/mol. The summed E-state index contributed by atoms with van der Waals surface area (Å²) in [4.78, 5) is 0. The van der Waals surface area contributed by atoms with Crippen molar-refractivity contribution in [2.24, 2.45) is 0 Å². The number of hydrogen-bond donors (Lipinski definition) is 0. The van der Waals surface area contributed by atoms with E-state index in [2.05, 4.69) is 67.6 Å². The molecule has 96 valence electrons. The standard InChI is InChI=1S/C16H19P.Pd/c1-2-3-14-17(15-10-6-4-7-11-15)16-12-8-5-9-13-16;/h4-13H,2-3,14H2,1H3;/q;+2. The van der Waals surface area contributed by atoms with Crippen LogP contribution < -0.4 is 10.6 Å². The Bertz CT molecular complexity index is 388. The molecule has 0 aromatic heterocycles. The third-order valence-electron chi connectivity index (χ3n) is 2.87. The molecule has 2 heteroatoms. The molecule has 0 N–H and O–H groups in total.